The van der Waals surface area contributed by atoms with Gasteiger partial charge in [0.05, 0.1) is 13.2 Å². The Morgan fingerprint density at radius 1 is 1.00 bits per heavy atom. The molecule has 1 unspecified atom stereocenters. The van der Waals surface area contributed by atoms with E-state index in [-0.39, 0.29) is 11.9 Å². The lowest BCUT2D eigenvalue weighted by atomic mass is 9.90. The Labute approximate surface area is 212 Å². The van der Waals surface area contributed by atoms with E-state index >= 15 is 0 Å². The zero-order valence-electron chi connectivity index (χ0n) is 21.3. The van der Waals surface area contributed by atoms with Gasteiger partial charge in [-0.25, -0.2) is 13.6 Å². The molecule has 6 nitrogen and oxygen atoms in total. The second-order valence-electron chi connectivity index (χ2n) is 8.81. The molecule has 0 aliphatic carbocycles. The van der Waals surface area contributed by atoms with Gasteiger partial charge in [0.15, 0.2) is 0 Å². The third kappa shape index (κ3) is 10.2. The highest BCUT2D eigenvalue weighted by atomic mass is 19.1. The lowest BCUT2D eigenvalue weighted by molar-refractivity contribution is -0.143. The molecule has 0 aliphatic heterocycles. The summed E-state index contributed by atoms with van der Waals surface area (Å²) in [6, 6.07) is 10.5. The minimum absolute atomic E-state index is 0.132. The van der Waals surface area contributed by atoms with Gasteiger partial charge in [-0.15, -0.1) is 0 Å². The fourth-order valence-corrected chi connectivity index (χ4v) is 4.02. The molecule has 198 valence electrons. The second-order valence-corrected chi connectivity index (χ2v) is 8.81. The lowest BCUT2D eigenvalue weighted by Gasteiger charge is -2.25. The van der Waals surface area contributed by atoms with E-state index in [0.29, 0.717) is 56.9 Å². The van der Waals surface area contributed by atoms with Gasteiger partial charge in [0.2, 0.25) is 0 Å². The molecule has 36 heavy (non-hydrogen) atoms. The van der Waals surface area contributed by atoms with E-state index in [2.05, 4.69) is 6.92 Å². The van der Waals surface area contributed by atoms with Gasteiger partial charge in [0.25, 0.3) is 0 Å². The molecular formula is C28H38F2N2O4. The first-order valence-corrected chi connectivity index (χ1v) is 12.7. The first-order chi connectivity index (χ1) is 17.3. The summed E-state index contributed by atoms with van der Waals surface area (Å²) in [5.41, 5.74) is 6.99. The quantitative estimate of drug-likeness (QED) is 0.214. The number of hydrogen-bond donors (Lipinski definition) is 1. The molecule has 2 rings (SSSR count). The number of halogens is 2. The Balaban J connectivity index is 1.89. The van der Waals surface area contributed by atoms with Crippen LogP contribution in [-0.2, 0) is 16.1 Å². The van der Waals surface area contributed by atoms with Crippen molar-refractivity contribution in [3.63, 3.8) is 0 Å². The summed E-state index contributed by atoms with van der Waals surface area (Å²) in [6.07, 6.45) is 4.96. The van der Waals surface area contributed by atoms with Crippen molar-refractivity contribution in [2.75, 3.05) is 19.8 Å². The number of hydrogen-bond acceptors (Lipinski definition) is 4. The lowest BCUT2D eigenvalue weighted by Crippen LogP contribution is -2.36. The average molecular weight is 505 g/mol. The molecule has 0 heterocycles. The summed E-state index contributed by atoms with van der Waals surface area (Å²) in [5, 5.41) is 0. The maximum Gasteiger partial charge on any atom is 0.315 e. The van der Waals surface area contributed by atoms with Crippen LogP contribution in [0, 0.1) is 11.6 Å². The largest absolute Gasteiger partial charge is 0.494 e. The summed E-state index contributed by atoms with van der Waals surface area (Å²) in [4.78, 5) is 25.0. The van der Waals surface area contributed by atoms with Crippen molar-refractivity contribution in [1.29, 1.82) is 0 Å². The predicted molar refractivity (Wildman–Crippen MR) is 136 cm³/mol. The van der Waals surface area contributed by atoms with E-state index in [1.54, 1.807) is 6.92 Å². The summed E-state index contributed by atoms with van der Waals surface area (Å²) in [5.74, 6) is -0.786. The molecule has 2 aromatic carbocycles. The third-order valence-corrected chi connectivity index (χ3v) is 6.01. The van der Waals surface area contributed by atoms with Crippen molar-refractivity contribution in [1.82, 2.24) is 4.90 Å². The van der Waals surface area contributed by atoms with Crippen molar-refractivity contribution in [2.45, 2.75) is 71.3 Å². The Morgan fingerprint density at radius 3 is 2.39 bits per heavy atom. The topological polar surface area (TPSA) is 81.9 Å². The van der Waals surface area contributed by atoms with E-state index in [1.807, 2.05) is 24.3 Å². The van der Waals surface area contributed by atoms with E-state index in [0.717, 1.165) is 37.3 Å². The molecule has 0 aromatic heterocycles. The van der Waals surface area contributed by atoms with Crippen molar-refractivity contribution < 1.29 is 27.8 Å². The zero-order chi connectivity index (χ0) is 26.3. The second kappa shape index (κ2) is 15.8. The van der Waals surface area contributed by atoms with E-state index in [1.165, 1.54) is 17.0 Å². The number of nitrogens with zero attached hydrogens (tertiary/aromatic N) is 1. The molecule has 1 atom stereocenters. The normalized spacial score (nSPS) is 11.7. The smallest absolute Gasteiger partial charge is 0.315 e. The van der Waals surface area contributed by atoms with E-state index < -0.39 is 17.7 Å². The first kappa shape index (κ1) is 29.1. The highest BCUT2D eigenvalue weighted by Crippen LogP contribution is 2.29. The van der Waals surface area contributed by atoms with Crippen LogP contribution in [0.4, 0.5) is 13.6 Å². The number of amides is 2. The van der Waals surface area contributed by atoms with Crippen molar-refractivity contribution in [3.05, 3.63) is 65.2 Å². The molecule has 2 amide bonds. The molecule has 0 radical (unpaired) electrons. The molecule has 0 aliphatic rings. The molecule has 0 fully saturated rings. The van der Waals surface area contributed by atoms with Crippen LogP contribution >= 0.6 is 0 Å². The predicted octanol–water partition coefficient (Wildman–Crippen LogP) is 6.32. The van der Waals surface area contributed by atoms with Crippen LogP contribution in [0.5, 0.6) is 5.75 Å². The standard InChI is InChI=1S/C28H38F2N2O4/c1-3-5-8-22(25-15-12-23(29)19-26(25)30)16-17-32(28(31)34)20-21-10-13-24(14-11-21)36-18-7-6-9-27(33)35-4-2/h10-15,19,22H,3-9,16-18,20H2,1-2H3,(H2,31,34). The van der Waals surface area contributed by atoms with Crippen LogP contribution < -0.4 is 10.5 Å². The maximum absolute atomic E-state index is 14.4. The van der Waals surface area contributed by atoms with Crippen molar-refractivity contribution in [2.24, 2.45) is 5.73 Å². The minimum atomic E-state index is -0.603. The Hall–Kier alpha value is -3.16. The molecule has 2 N–H and O–H groups in total. The molecule has 2 aromatic rings. The van der Waals surface area contributed by atoms with Gasteiger partial charge in [-0.05, 0) is 67.9 Å². The number of nitrogens with two attached hydrogens (primary N) is 1. The first-order valence-electron chi connectivity index (χ1n) is 12.7. The van der Waals surface area contributed by atoms with E-state index in [4.69, 9.17) is 15.2 Å². The summed E-state index contributed by atoms with van der Waals surface area (Å²) in [7, 11) is 0. The highest BCUT2D eigenvalue weighted by Gasteiger charge is 2.19. The molecular weight excluding hydrogens is 466 g/mol. The minimum Gasteiger partial charge on any atom is -0.494 e. The summed E-state index contributed by atoms with van der Waals surface area (Å²) < 4.78 is 38.4. The summed E-state index contributed by atoms with van der Waals surface area (Å²) >= 11 is 0. The van der Waals surface area contributed by atoms with Crippen LogP contribution in [0.25, 0.3) is 0 Å². The number of unbranched alkanes of at least 4 members (excludes halogenated alkanes) is 2. The van der Waals surface area contributed by atoms with Gasteiger partial charge < -0.3 is 20.1 Å². The molecule has 0 spiro atoms. The Morgan fingerprint density at radius 2 is 1.75 bits per heavy atom. The average Bonchev–Trinajstić information content (AvgIpc) is 2.84. The number of primary amides is 1. The number of carbonyl (C=O) groups is 2. The SMILES string of the molecule is CCCCC(CCN(Cc1ccc(OCCCCC(=O)OCC)cc1)C(N)=O)c1ccc(F)cc1F. The monoisotopic (exact) mass is 504 g/mol. The van der Waals surface area contributed by atoms with Gasteiger partial charge in [-0.2, -0.15) is 0 Å². The molecule has 0 bridgehead atoms. The van der Waals surface area contributed by atoms with E-state index in [9.17, 15) is 18.4 Å². The van der Waals surface area contributed by atoms with Crippen LogP contribution in [0.15, 0.2) is 42.5 Å². The van der Waals surface area contributed by atoms with Crippen LogP contribution in [0.1, 0.15) is 75.8 Å². The number of urea groups is 1. The highest BCUT2D eigenvalue weighted by molar-refractivity contribution is 5.72. The third-order valence-electron chi connectivity index (χ3n) is 6.01. The van der Waals surface area contributed by atoms with Crippen LogP contribution in [0.3, 0.4) is 0 Å². The van der Waals surface area contributed by atoms with Gasteiger partial charge in [0.1, 0.15) is 17.4 Å². The Kier molecular flexibility index (Phi) is 12.7. The van der Waals surface area contributed by atoms with Crippen molar-refractivity contribution >= 4 is 12.0 Å². The fourth-order valence-electron chi connectivity index (χ4n) is 4.02. The van der Waals surface area contributed by atoms with Gasteiger partial charge >= 0.3 is 12.0 Å². The van der Waals surface area contributed by atoms with Gasteiger partial charge in [-0.3, -0.25) is 4.79 Å². The van der Waals surface area contributed by atoms with Gasteiger partial charge in [-0.1, -0.05) is 38.0 Å². The van der Waals surface area contributed by atoms with Crippen LogP contribution in [-0.4, -0.2) is 36.7 Å². The number of ether oxygens (including phenoxy) is 2. The van der Waals surface area contributed by atoms with Crippen LogP contribution in [0.2, 0.25) is 0 Å². The van der Waals surface area contributed by atoms with Crippen molar-refractivity contribution in [3.8, 4) is 5.75 Å². The number of esters is 1. The Bertz CT molecular complexity index is 953. The number of rotatable bonds is 16. The van der Waals surface area contributed by atoms with Gasteiger partial charge in [0, 0.05) is 25.6 Å². The number of benzene rings is 2. The zero-order valence-corrected chi connectivity index (χ0v) is 21.3. The molecule has 0 saturated heterocycles. The number of carbonyl (C=O) groups excluding carboxylic acids is 2. The fraction of sp³-hybridized carbons (Fsp3) is 0.500. The molecule has 0 saturated carbocycles. The summed E-state index contributed by atoms with van der Waals surface area (Å²) in [6.45, 7) is 5.41. The maximum atomic E-state index is 14.4. The molecule has 8 heteroatoms.